The molecule has 1 aromatic carbocycles. The van der Waals surface area contributed by atoms with Gasteiger partial charge < -0.3 is 15.2 Å². The Bertz CT molecular complexity index is 351. The summed E-state index contributed by atoms with van der Waals surface area (Å²) in [7, 11) is 0. The van der Waals surface area contributed by atoms with Gasteiger partial charge in [0.2, 0.25) is 0 Å². The number of rotatable bonds is 10. The van der Waals surface area contributed by atoms with Gasteiger partial charge in [0.1, 0.15) is 5.75 Å². The highest BCUT2D eigenvalue weighted by Gasteiger charge is 2.03. The molecule has 2 N–H and O–H groups in total. The average molecular weight is 279 g/mol. The molecule has 0 amide bonds. The van der Waals surface area contributed by atoms with E-state index >= 15 is 0 Å². The number of hydrogen-bond acceptors (Lipinski definition) is 3. The third-order valence-corrected chi connectivity index (χ3v) is 3.38. The van der Waals surface area contributed by atoms with Crippen LogP contribution in [0.3, 0.4) is 0 Å². The molecule has 0 radical (unpaired) electrons. The van der Waals surface area contributed by atoms with Crippen molar-refractivity contribution >= 4 is 0 Å². The predicted octanol–water partition coefficient (Wildman–Crippen LogP) is 3.01. The van der Waals surface area contributed by atoms with E-state index in [0.29, 0.717) is 12.6 Å². The molecular formula is C17H29NO2. The van der Waals surface area contributed by atoms with Gasteiger partial charge in [0.15, 0.2) is 0 Å². The van der Waals surface area contributed by atoms with E-state index in [1.807, 2.05) is 19.1 Å². The Balaban J connectivity index is 2.31. The molecule has 0 aliphatic rings. The molecule has 0 aliphatic carbocycles. The molecule has 3 heteroatoms. The molecule has 20 heavy (non-hydrogen) atoms. The maximum atomic E-state index is 8.95. The van der Waals surface area contributed by atoms with Crippen molar-refractivity contribution in [1.82, 2.24) is 5.32 Å². The summed E-state index contributed by atoms with van der Waals surface area (Å²) in [5, 5.41) is 12.5. The van der Waals surface area contributed by atoms with Crippen LogP contribution in [-0.4, -0.2) is 30.9 Å². The van der Waals surface area contributed by atoms with Crippen molar-refractivity contribution in [3.8, 4) is 5.75 Å². The zero-order valence-electron chi connectivity index (χ0n) is 13.1. The highest BCUT2D eigenvalue weighted by Crippen LogP contribution is 2.14. The fraction of sp³-hybridized carbons (Fsp3) is 0.647. The standard InChI is InChI=1S/C17H29NO2/c1-4-11-18-15(3)5-6-16-7-9-17(10-8-16)20-13-14(2)12-19/h7-10,14-15,18-19H,4-6,11-13H2,1-3H3. The molecule has 0 bridgehead atoms. The zero-order chi connectivity index (χ0) is 14.8. The molecule has 2 unspecified atom stereocenters. The number of aryl methyl sites for hydroxylation is 1. The topological polar surface area (TPSA) is 41.5 Å². The molecule has 1 aromatic rings. The van der Waals surface area contributed by atoms with Crippen LogP contribution >= 0.6 is 0 Å². The highest BCUT2D eigenvalue weighted by molar-refractivity contribution is 5.27. The van der Waals surface area contributed by atoms with Gasteiger partial charge in [0.05, 0.1) is 6.61 Å². The van der Waals surface area contributed by atoms with E-state index in [2.05, 4.69) is 31.3 Å². The first-order valence-electron chi connectivity index (χ1n) is 7.71. The van der Waals surface area contributed by atoms with E-state index < -0.39 is 0 Å². The number of aliphatic hydroxyl groups is 1. The number of ether oxygens (including phenoxy) is 1. The van der Waals surface area contributed by atoms with Crippen molar-refractivity contribution in [3.05, 3.63) is 29.8 Å². The molecule has 3 nitrogen and oxygen atoms in total. The molecular weight excluding hydrogens is 250 g/mol. The van der Waals surface area contributed by atoms with Gasteiger partial charge in [-0.1, -0.05) is 26.0 Å². The summed E-state index contributed by atoms with van der Waals surface area (Å²) in [5.41, 5.74) is 1.35. The Kier molecular flexibility index (Phi) is 8.31. The fourth-order valence-electron chi connectivity index (χ4n) is 1.92. The van der Waals surface area contributed by atoms with Crippen LogP contribution in [0.15, 0.2) is 24.3 Å². The van der Waals surface area contributed by atoms with Crippen molar-refractivity contribution in [2.24, 2.45) is 5.92 Å². The molecule has 2 atom stereocenters. The number of aliphatic hydroxyl groups excluding tert-OH is 1. The number of benzene rings is 1. The van der Waals surface area contributed by atoms with Gasteiger partial charge in [-0.2, -0.15) is 0 Å². The number of nitrogens with one attached hydrogen (secondary N) is 1. The molecule has 114 valence electrons. The van der Waals surface area contributed by atoms with Crippen LogP contribution < -0.4 is 10.1 Å². The van der Waals surface area contributed by atoms with E-state index in [0.717, 1.165) is 25.1 Å². The lowest BCUT2D eigenvalue weighted by Crippen LogP contribution is -2.27. The zero-order valence-corrected chi connectivity index (χ0v) is 13.1. The maximum Gasteiger partial charge on any atom is 0.119 e. The Morgan fingerprint density at radius 1 is 1.20 bits per heavy atom. The van der Waals surface area contributed by atoms with Gasteiger partial charge in [0.25, 0.3) is 0 Å². The Morgan fingerprint density at radius 3 is 2.50 bits per heavy atom. The number of hydrogen-bond donors (Lipinski definition) is 2. The summed E-state index contributed by atoms with van der Waals surface area (Å²) < 4.78 is 5.62. The lowest BCUT2D eigenvalue weighted by molar-refractivity contribution is 0.174. The minimum absolute atomic E-state index is 0.167. The fourth-order valence-corrected chi connectivity index (χ4v) is 1.92. The van der Waals surface area contributed by atoms with E-state index in [1.165, 1.54) is 12.0 Å². The van der Waals surface area contributed by atoms with Crippen molar-refractivity contribution < 1.29 is 9.84 Å². The molecule has 0 heterocycles. The molecule has 0 fully saturated rings. The van der Waals surface area contributed by atoms with Crippen LogP contribution in [0.25, 0.3) is 0 Å². The van der Waals surface area contributed by atoms with Crippen molar-refractivity contribution in [1.29, 1.82) is 0 Å². The largest absolute Gasteiger partial charge is 0.493 e. The molecule has 0 saturated heterocycles. The maximum absolute atomic E-state index is 8.95. The van der Waals surface area contributed by atoms with Gasteiger partial charge in [-0.25, -0.2) is 0 Å². The Hall–Kier alpha value is -1.06. The molecule has 1 rings (SSSR count). The first-order chi connectivity index (χ1) is 9.65. The van der Waals surface area contributed by atoms with Crippen LogP contribution in [0.1, 0.15) is 39.2 Å². The summed E-state index contributed by atoms with van der Waals surface area (Å²) in [6.45, 7) is 8.23. The molecule has 0 aliphatic heterocycles. The Labute approximate surface area is 123 Å². The molecule has 0 aromatic heterocycles. The van der Waals surface area contributed by atoms with Gasteiger partial charge in [-0.05, 0) is 50.4 Å². The summed E-state index contributed by atoms with van der Waals surface area (Å²) in [4.78, 5) is 0. The van der Waals surface area contributed by atoms with Crippen LogP contribution in [0.5, 0.6) is 5.75 Å². The predicted molar refractivity (Wildman–Crippen MR) is 84.3 cm³/mol. The van der Waals surface area contributed by atoms with Crippen LogP contribution in [0, 0.1) is 5.92 Å². The van der Waals surface area contributed by atoms with Gasteiger partial charge in [0, 0.05) is 18.6 Å². The van der Waals surface area contributed by atoms with Crippen LogP contribution in [0.2, 0.25) is 0 Å². The summed E-state index contributed by atoms with van der Waals surface area (Å²) in [6, 6.07) is 8.86. The lowest BCUT2D eigenvalue weighted by atomic mass is 10.1. The SMILES string of the molecule is CCCNC(C)CCc1ccc(OCC(C)CO)cc1. The van der Waals surface area contributed by atoms with Crippen LogP contribution in [-0.2, 0) is 6.42 Å². The van der Waals surface area contributed by atoms with Crippen molar-refractivity contribution in [2.45, 2.75) is 46.1 Å². The minimum atomic E-state index is 0.167. The first kappa shape index (κ1) is 17.0. The second kappa shape index (κ2) is 9.78. The average Bonchev–Trinajstić information content (AvgIpc) is 2.49. The molecule has 0 spiro atoms. The minimum Gasteiger partial charge on any atom is -0.493 e. The second-order valence-corrected chi connectivity index (χ2v) is 5.64. The van der Waals surface area contributed by atoms with E-state index in [4.69, 9.17) is 9.84 Å². The highest BCUT2D eigenvalue weighted by atomic mass is 16.5. The van der Waals surface area contributed by atoms with Crippen LogP contribution in [0.4, 0.5) is 0 Å². The summed E-state index contributed by atoms with van der Waals surface area (Å²) in [6.07, 6.45) is 3.43. The van der Waals surface area contributed by atoms with Crippen molar-refractivity contribution in [2.75, 3.05) is 19.8 Å². The van der Waals surface area contributed by atoms with Gasteiger partial charge in [-0.3, -0.25) is 0 Å². The third-order valence-electron chi connectivity index (χ3n) is 3.38. The smallest absolute Gasteiger partial charge is 0.119 e. The van der Waals surface area contributed by atoms with E-state index in [-0.39, 0.29) is 12.5 Å². The van der Waals surface area contributed by atoms with Crippen molar-refractivity contribution in [3.63, 3.8) is 0 Å². The first-order valence-corrected chi connectivity index (χ1v) is 7.71. The second-order valence-electron chi connectivity index (χ2n) is 5.64. The third kappa shape index (κ3) is 6.92. The summed E-state index contributed by atoms with van der Waals surface area (Å²) >= 11 is 0. The molecule has 0 saturated carbocycles. The normalized spacial score (nSPS) is 14.0. The van der Waals surface area contributed by atoms with E-state index in [1.54, 1.807) is 0 Å². The quantitative estimate of drug-likeness (QED) is 0.692. The van der Waals surface area contributed by atoms with Gasteiger partial charge in [-0.15, -0.1) is 0 Å². The summed E-state index contributed by atoms with van der Waals surface area (Å²) in [5.74, 6) is 1.06. The van der Waals surface area contributed by atoms with E-state index in [9.17, 15) is 0 Å². The van der Waals surface area contributed by atoms with Gasteiger partial charge >= 0.3 is 0 Å². The Morgan fingerprint density at radius 2 is 1.90 bits per heavy atom. The lowest BCUT2D eigenvalue weighted by Gasteiger charge is -2.13. The monoisotopic (exact) mass is 279 g/mol.